The highest BCUT2D eigenvalue weighted by Crippen LogP contribution is 2.28. The number of hydrogen-bond acceptors (Lipinski definition) is 1. The van der Waals surface area contributed by atoms with Gasteiger partial charge < -0.3 is 14.5 Å². The summed E-state index contributed by atoms with van der Waals surface area (Å²) in [6.07, 6.45) is 2.32. The van der Waals surface area contributed by atoms with E-state index < -0.39 is 0 Å². The zero-order chi connectivity index (χ0) is 15.8. The molecule has 3 heteroatoms. The first-order valence-corrected chi connectivity index (χ1v) is 9.13. The Morgan fingerprint density at radius 1 is 1.05 bits per heavy atom. The van der Waals surface area contributed by atoms with E-state index in [0.717, 1.165) is 25.2 Å². The number of hydrogen-bond donors (Lipinski definition) is 2. The van der Waals surface area contributed by atoms with Crippen LogP contribution in [0.15, 0.2) is 24.3 Å². The van der Waals surface area contributed by atoms with Gasteiger partial charge in [0.1, 0.15) is 31.9 Å². The Hall–Kier alpha value is -1.06. The van der Waals surface area contributed by atoms with E-state index >= 15 is 0 Å². The summed E-state index contributed by atoms with van der Waals surface area (Å²) < 4.78 is 6.07. The molecule has 0 spiro atoms. The van der Waals surface area contributed by atoms with E-state index in [1.54, 1.807) is 9.80 Å². The molecule has 1 aliphatic heterocycles. The largest absolute Gasteiger partial charge is 0.493 e. The van der Waals surface area contributed by atoms with Gasteiger partial charge in [0.15, 0.2) is 0 Å². The standard InChI is InChI=1S/C19H32N2O/c1-4-17(3)18-9-6-7-10-19(18)22-16-8-11-21-14-12-20(5-2)13-15-21/h6-7,9-10,17H,4-5,8,11-16H2,1-3H3/p+2/t17-/m1/s1. The molecule has 0 unspecified atom stereocenters. The van der Waals surface area contributed by atoms with Crippen molar-refractivity contribution in [1.29, 1.82) is 0 Å². The maximum atomic E-state index is 6.07. The average Bonchev–Trinajstić information content (AvgIpc) is 2.59. The summed E-state index contributed by atoms with van der Waals surface area (Å²) >= 11 is 0. The molecule has 0 aliphatic carbocycles. The van der Waals surface area contributed by atoms with Gasteiger partial charge in [-0.1, -0.05) is 32.0 Å². The highest BCUT2D eigenvalue weighted by atomic mass is 16.5. The van der Waals surface area contributed by atoms with E-state index in [-0.39, 0.29) is 0 Å². The monoisotopic (exact) mass is 306 g/mol. The van der Waals surface area contributed by atoms with Crippen molar-refractivity contribution in [3.63, 3.8) is 0 Å². The topological polar surface area (TPSA) is 18.1 Å². The van der Waals surface area contributed by atoms with Crippen LogP contribution in [0, 0.1) is 0 Å². The predicted octanol–water partition coefficient (Wildman–Crippen LogP) is 0.772. The van der Waals surface area contributed by atoms with Gasteiger partial charge in [0.25, 0.3) is 0 Å². The number of likely N-dealkylation sites (N-methyl/N-ethyl adjacent to an activating group) is 1. The van der Waals surface area contributed by atoms with Crippen LogP contribution >= 0.6 is 0 Å². The van der Waals surface area contributed by atoms with E-state index in [2.05, 4.69) is 45.0 Å². The Kier molecular flexibility index (Phi) is 7.20. The third-order valence-corrected chi connectivity index (χ3v) is 5.16. The van der Waals surface area contributed by atoms with Crippen LogP contribution in [-0.4, -0.2) is 45.9 Å². The summed E-state index contributed by atoms with van der Waals surface area (Å²) in [5.41, 5.74) is 1.36. The minimum absolute atomic E-state index is 0.576. The zero-order valence-corrected chi connectivity index (χ0v) is 14.7. The maximum Gasteiger partial charge on any atom is 0.127 e. The number of para-hydroxylation sites is 1. The SMILES string of the molecule is CC[C@@H](C)c1ccccc1OCCC[NH+]1CC[NH+](CC)CC1. The first kappa shape index (κ1) is 17.3. The molecule has 1 aromatic carbocycles. The highest BCUT2D eigenvalue weighted by Gasteiger charge is 2.20. The first-order chi connectivity index (χ1) is 10.7. The van der Waals surface area contributed by atoms with Gasteiger partial charge in [-0.05, 0) is 30.9 Å². The Morgan fingerprint density at radius 3 is 2.41 bits per heavy atom. The van der Waals surface area contributed by atoms with E-state index in [9.17, 15) is 0 Å². The lowest BCUT2D eigenvalue weighted by Gasteiger charge is -2.29. The van der Waals surface area contributed by atoms with Gasteiger partial charge in [-0.2, -0.15) is 0 Å². The van der Waals surface area contributed by atoms with Crippen LogP contribution in [0.25, 0.3) is 0 Å². The number of nitrogens with one attached hydrogen (secondary N) is 2. The van der Waals surface area contributed by atoms with Gasteiger partial charge in [0, 0.05) is 6.42 Å². The van der Waals surface area contributed by atoms with Gasteiger partial charge in [-0.15, -0.1) is 0 Å². The molecule has 1 aliphatic rings. The minimum Gasteiger partial charge on any atom is -0.493 e. The molecule has 124 valence electrons. The lowest BCUT2D eigenvalue weighted by atomic mass is 9.98. The third-order valence-electron chi connectivity index (χ3n) is 5.16. The van der Waals surface area contributed by atoms with Crippen molar-refractivity contribution in [3.05, 3.63) is 29.8 Å². The fraction of sp³-hybridized carbons (Fsp3) is 0.684. The highest BCUT2D eigenvalue weighted by molar-refractivity contribution is 5.35. The summed E-state index contributed by atoms with van der Waals surface area (Å²) in [5.74, 6) is 1.67. The van der Waals surface area contributed by atoms with Crippen molar-refractivity contribution in [2.45, 2.75) is 39.5 Å². The van der Waals surface area contributed by atoms with Crippen LogP contribution < -0.4 is 14.5 Å². The minimum atomic E-state index is 0.576. The lowest BCUT2D eigenvalue weighted by molar-refractivity contribution is -1.01. The fourth-order valence-corrected chi connectivity index (χ4v) is 3.30. The number of benzene rings is 1. The number of rotatable bonds is 8. The molecule has 22 heavy (non-hydrogen) atoms. The molecule has 0 amide bonds. The van der Waals surface area contributed by atoms with Gasteiger partial charge in [-0.25, -0.2) is 0 Å². The molecule has 0 bridgehead atoms. The molecular formula is C19H34N2O+2. The van der Waals surface area contributed by atoms with Crippen molar-refractivity contribution >= 4 is 0 Å². The molecule has 2 rings (SSSR count). The molecule has 0 aromatic heterocycles. The normalized spacial score (nSPS) is 23.2. The van der Waals surface area contributed by atoms with E-state index in [1.165, 1.54) is 44.8 Å². The van der Waals surface area contributed by atoms with Gasteiger partial charge in [0.2, 0.25) is 0 Å². The van der Waals surface area contributed by atoms with Gasteiger partial charge in [0.05, 0.1) is 19.7 Å². The molecule has 1 aromatic rings. The predicted molar refractivity (Wildman–Crippen MR) is 92.1 cm³/mol. The second-order valence-electron chi connectivity index (χ2n) is 6.65. The quantitative estimate of drug-likeness (QED) is 0.679. The summed E-state index contributed by atoms with van der Waals surface area (Å²) in [7, 11) is 0. The molecule has 1 atom stereocenters. The van der Waals surface area contributed by atoms with E-state index in [4.69, 9.17) is 4.74 Å². The molecule has 0 radical (unpaired) electrons. The lowest BCUT2D eigenvalue weighted by Crippen LogP contribution is -3.28. The van der Waals surface area contributed by atoms with Crippen molar-refractivity contribution in [2.75, 3.05) is 45.9 Å². The summed E-state index contributed by atoms with van der Waals surface area (Å²) in [5, 5.41) is 0. The summed E-state index contributed by atoms with van der Waals surface area (Å²) in [6.45, 7) is 15.5. The van der Waals surface area contributed by atoms with Crippen LogP contribution in [-0.2, 0) is 0 Å². The fourth-order valence-electron chi connectivity index (χ4n) is 3.30. The number of ether oxygens (including phenoxy) is 1. The van der Waals surface area contributed by atoms with E-state index in [0.29, 0.717) is 5.92 Å². The van der Waals surface area contributed by atoms with E-state index in [1.807, 2.05) is 0 Å². The van der Waals surface area contributed by atoms with Crippen molar-refractivity contribution < 1.29 is 14.5 Å². The smallest absolute Gasteiger partial charge is 0.127 e. The molecule has 1 heterocycles. The van der Waals surface area contributed by atoms with Crippen LogP contribution in [0.3, 0.4) is 0 Å². The second-order valence-corrected chi connectivity index (χ2v) is 6.65. The average molecular weight is 306 g/mol. The Bertz CT molecular complexity index is 427. The van der Waals surface area contributed by atoms with Crippen LogP contribution in [0.4, 0.5) is 0 Å². The number of piperazine rings is 1. The summed E-state index contributed by atoms with van der Waals surface area (Å²) in [4.78, 5) is 3.53. The first-order valence-electron chi connectivity index (χ1n) is 9.13. The zero-order valence-electron chi connectivity index (χ0n) is 14.7. The van der Waals surface area contributed by atoms with Gasteiger partial charge >= 0.3 is 0 Å². The Balaban J connectivity index is 1.71. The van der Waals surface area contributed by atoms with Crippen molar-refractivity contribution in [3.8, 4) is 5.75 Å². The summed E-state index contributed by atoms with van der Waals surface area (Å²) in [6, 6.07) is 8.53. The maximum absolute atomic E-state index is 6.07. The van der Waals surface area contributed by atoms with Crippen molar-refractivity contribution in [2.24, 2.45) is 0 Å². The van der Waals surface area contributed by atoms with Crippen LogP contribution in [0.5, 0.6) is 5.75 Å². The number of quaternary nitrogens is 2. The second kappa shape index (κ2) is 9.16. The molecule has 1 fully saturated rings. The van der Waals surface area contributed by atoms with Crippen LogP contribution in [0.1, 0.15) is 45.1 Å². The Morgan fingerprint density at radius 2 is 1.73 bits per heavy atom. The molecule has 1 saturated heterocycles. The van der Waals surface area contributed by atoms with Crippen LogP contribution in [0.2, 0.25) is 0 Å². The Labute approximate surface area is 136 Å². The molecular weight excluding hydrogens is 272 g/mol. The van der Waals surface area contributed by atoms with Crippen molar-refractivity contribution in [1.82, 2.24) is 0 Å². The molecule has 2 N–H and O–H groups in total. The molecule has 0 saturated carbocycles. The molecule has 3 nitrogen and oxygen atoms in total. The third kappa shape index (κ3) is 4.99. The van der Waals surface area contributed by atoms with Gasteiger partial charge in [-0.3, -0.25) is 0 Å².